The van der Waals surface area contributed by atoms with Gasteiger partial charge in [-0.05, 0) is 18.7 Å². The highest BCUT2D eigenvalue weighted by molar-refractivity contribution is 5.74. The molecule has 0 aliphatic carbocycles. The topological polar surface area (TPSA) is 84.3 Å². The molecule has 0 bridgehead atoms. The molecule has 0 unspecified atom stereocenters. The van der Waals surface area contributed by atoms with Gasteiger partial charge < -0.3 is 16.4 Å². The van der Waals surface area contributed by atoms with Crippen LogP contribution in [0.15, 0.2) is 30.6 Å². The van der Waals surface area contributed by atoms with Gasteiger partial charge in [0, 0.05) is 62.4 Å². The van der Waals surface area contributed by atoms with Crippen LogP contribution in [0.5, 0.6) is 0 Å². The van der Waals surface area contributed by atoms with Crippen molar-refractivity contribution in [3.05, 3.63) is 36.2 Å². The molecule has 1 aliphatic rings. The molecule has 1 saturated heterocycles. The number of anilines is 2. The van der Waals surface area contributed by atoms with Crippen molar-refractivity contribution < 1.29 is 0 Å². The smallest absolute Gasteiger partial charge is 0.125 e. The van der Waals surface area contributed by atoms with Gasteiger partial charge in [0.15, 0.2) is 0 Å². The van der Waals surface area contributed by atoms with Crippen LogP contribution in [0.2, 0.25) is 0 Å². The molecule has 3 rings (SSSR count). The van der Waals surface area contributed by atoms with Crippen LogP contribution in [0.25, 0.3) is 11.3 Å². The van der Waals surface area contributed by atoms with Crippen LogP contribution < -0.4 is 11.5 Å². The zero-order chi connectivity index (χ0) is 15.5. The summed E-state index contributed by atoms with van der Waals surface area (Å²) >= 11 is 0. The Bertz CT molecular complexity index is 632. The molecule has 6 nitrogen and oxygen atoms in total. The second kappa shape index (κ2) is 6.29. The Morgan fingerprint density at radius 3 is 2.45 bits per heavy atom. The van der Waals surface area contributed by atoms with Crippen LogP contribution in [0, 0.1) is 0 Å². The summed E-state index contributed by atoms with van der Waals surface area (Å²) < 4.78 is 0. The fraction of sp³-hybridized carbons (Fsp3) is 0.375. The number of piperazine rings is 1. The molecule has 0 atom stereocenters. The van der Waals surface area contributed by atoms with Gasteiger partial charge in [-0.15, -0.1) is 0 Å². The molecule has 1 fully saturated rings. The number of nitrogen functional groups attached to an aromatic ring is 2. The quantitative estimate of drug-likeness (QED) is 0.881. The summed E-state index contributed by atoms with van der Waals surface area (Å²) in [5.41, 5.74) is 15.1. The van der Waals surface area contributed by atoms with E-state index in [1.165, 1.54) is 5.56 Å². The molecule has 22 heavy (non-hydrogen) atoms. The molecule has 0 amide bonds. The first kappa shape index (κ1) is 14.7. The molecule has 0 aromatic carbocycles. The van der Waals surface area contributed by atoms with E-state index in [-0.39, 0.29) is 0 Å². The minimum absolute atomic E-state index is 0.424. The maximum absolute atomic E-state index is 5.98. The standard InChI is InChI=1S/C16H22N6/c1-21-4-6-22(7-5-21)11-12-2-3-15(19-9-12)13-10-20-16(18)8-14(13)17/h2-3,8-10H,4-7,11H2,1H3,(H4,17,18,20). The highest BCUT2D eigenvalue weighted by Gasteiger charge is 2.14. The van der Waals surface area contributed by atoms with Crippen molar-refractivity contribution in [1.82, 2.24) is 19.8 Å². The van der Waals surface area contributed by atoms with E-state index in [0.29, 0.717) is 11.5 Å². The minimum atomic E-state index is 0.424. The van der Waals surface area contributed by atoms with Gasteiger partial charge in [0.1, 0.15) is 5.82 Å². The Labute approximate surface area is 130 Å². The summed E-state index contributed by atoms with van der Waals surface area (Å²) in [5, 5.41) is 0. The second-order valence-corrected chi connectivity index (χ2v) is 5.83. The monoisotopic (exact) mass is 298 g/mol. The molecular formula is C16H22N6. The maximum Gasteiger partial charge on any atom is 0.125 e. The number of nitrogens with zero attached hydrogens (tertiary/aromatic N) is 4. The summed E-state index contributed by atoms with van der Waals surface area (Å²) in [6.45, 7) is 5.40. The van der Waals surface area contributed by atoms with Gasteiger partial charge in [0.2, 0.25) is 0 Å². The van der Waals surface area contributed by atoms with E-state index in [4.69, 9.17) is 11.5 Å². The maximum atomic E-state index is 5.98. The van der Waals surface area contributed by atoms with E-state index in [0.717, 1.165) is 44.0 Å². The number of nitrogens with two attached hydrogens (primary N) is 2. The van der Waals surface area contributed by atoms with Crippen molar-refractivity contribution in [1.29, 1.82) is 0 Å². The van der Waals surface area contributed by atoms with Crippen LogP contribution in [0.1, 0.15) is 5.56 Å². The van der Waals surface area contributed by atoms with Crippen molar-refractivity contribution in [2.45, 2.75) is 6.54 Å². The average Bonchev–Trinajstić information content (AvgIpc) is 2.51. The molecule has 3 heterocycles. The van der Waals surface area contributed by atoms with Crippen molar-refractivity contribution in [3.63, 3.8) is 0 Å². The number of pyridine rings is 2. The minimum Gasteiger partial charge on any atom is -0.398 e. The van der Waals surface area contributed by atoms with Gasteiger partial charge in [0.25, 0.3) is 0 Å². The first-order valence-electron chi connectivity index (χ1n) is 7.49. The van der Waals surface area contributed by atoms with E-state index in [1.807, 2.05) is 12.3 Å². The highest BCUT2D eigenvalue weighted by atomic mass is 15.2. The van der Waals surface area contributed by atoms with Gasteiger partial charge in [-0.2, -0.15) is 0 Å². The Kier molecular flexibility index (Phi) is 4.22. The lowest BCUT2D eigenvalue weighted by molar-refractivity contribution is 0.148. The van der Waals surface area contributed by atoms with Crippen LogP contribution in [-0.2, 0) is 6.54 Å². The van der Waals surface area contributed by atoms with Gasteiger partial charge in [-0.1, -0.05) is 6.07 Å². The number of rotatable bonds is 3. The molecule has 6 heteroatoms. The zero-order valence-corrected chi connectivity index (χ0v) is 12.9. The molecule has 0 radical (unpaired) electrons. The lowest BCUT2D eigenvalue weighted by atomic mass is 10.1. The molecule has 4 N–H and O–H groups in total. The fourth-order valence-corrected chi connectivity index (χ4v) is 2.64. The molecule has 2 aromatic heterocycles. The number of likely N-dealkylation sites (N-methyl/N-ethyl adjacent to an activating group) is 1. The molecule has 116 valence electrons. The van der Waals surface area contributed by atoms with Gasteiger partial charge in [-0.3, -0.25) is 9.88 Å². The van der Waals surface area contributed by atoms with Crippen molar-refractivity contribution >= 4 is 11.5 Å². The fourth-order valence-electron chi connectivity index (χ4n) is 2.64. The third kappa shape index (κ3) is 3.35. The Morgan fingerprint density at radius 1 is 1.05 bits per heavy atom. The van der Waals surface area contributed by atoms with E-state index in [2.05, 4.69) is 32.9 Å². The average molecular weight is 298 g/mol. The summed E-state index contributed by atoms with van der Waals surface area (Å²) in [4.78, 5) is 13.4. The molecule has 0 saturated carbocycles. The molecule has 0 spiro atoms. The van der Waals surface area contributed by atoms with Crippen LogP contribution in [0.4, 0.5) is 11.5 Å². The molecule has 1 aliphatic heterocycles. The summed E-state index contributed by atoms with van der Waals surface area (Å²) in [7, 11) is 2.17. The van der Waals surface area contributed by atoms with Crippen LogP contribution in [-0.4, -0.2) is 53.0 Å². The largest absolute Gasteiger partial charge is 0.398 e. The SMILES string of the molecule is CN1CCN(Cc2ccc(-c3cnc(N)cc3N)nc2)CC1. The lowest BCUT2D eigenvalue weighted by Crippen LogP contribution is -2.43. The normalized spacial score (nSPS) is 16.8. The van der Waals surface area contributed by atoms with Crippen molar-refractivity contribution in [3.8, 4) is 11.3 Å². The van der Waals surface area contributed by atoms with Gasteiger partial charge >= 0.3 is 0 Å². The van der Waals surface area contributed by atoms with E-state index in [9.17, 15) is 0 Å². The van der Waals surface area contributed by atoms with E-state index < -0.39 is 0 Å². The predicted octanol–water partition coefficient (Wildman–Crippen LogP) is 1.06. The number of aromatic nitrogens is 2. The van der Waals surface area contributed by atoms with Crippen molar-refractivity contribution in [2.24, 2.45) is 0 Å². The molecular weight excluding hydrogens is 276 g/mol. The molecule has 2 aromatic rings. The Hall–Kier alpha value is -2.18. The summed E-state index contributed by atoms with van der Waals surface area (Å²) in [6.07, 6.45) is 3.59. The van der Waals surface area contributed by atoms with E-state index >= 15 is 0 Å². The third-order valence-electron chi connectivity index (χ3n) is 4.06. The Balaban J connectivity index is 1.70. The van der Waals surface area contributed by atoms with Gasteiger partial charge in [-0.25, -0.2) is 4.98 Å². The second-order valence-electron chi connectivity index (χ2n) is 5.83. The van der Waals surface area contributed by atoms with Crippen molar-refractivity contribution in [2.75, 3.05) is 44.7 Å². The third-order valence-corrected chi connectivity index (χ3v) is 4.06. The first-order valence-corrected chi connectivity index (χ1v) is 7.49. The summed E-state index contributed by atoms with van der Waals surface area (Å²) in [5.74, 6) is 0.424. The highest BCUT2D eigenvalue weighted by Crippen LogP contribution is 2.24. The van der Waals surface area contributed by atoms with Crippen LogP contribution in [0.3, 0.4) is 0 Å². The number of hydrogen-bond acceptors (Lipinski definition) is 6. The lowest BCUT2D eigenvalue weighted by Gasteiger charge is -2.32. The zero-order valence-electron chi connectivity index (χ0n) is 12.9. The van der Waals surface area contributed by atoms with Crippen LogP contribution >= 0.6 is 0 Å². The first-order chi connectivity index (χ1) is 10.6. The van der Waals surface area contributed by atoms with Gasteiger partial charge in [0.05, 0.1) is 5.69 Å². The van der Waals surface area contributed by atoms with E-state index in [1.54, 1.807) is 12.3 Å². The number of hydrogen-bond donors (Lipinski definition) is 2. The predicted molar refractivity (Wildman–Crippen MR) is 89.1 cm³/mol. The summed E-state index contributed by atoms with van der Waals surface area (Å²) in [6, 6.07) is 5.76. The Morgan fingerprint density at radius 2 is 1.82 bits per heavy atom.